The Morgan fingerprint density at radius 2 is 1.79 bits per heavy atom. The number of benzene rings is 2. The molecular weight excluding hydrogens is 392 g/mol. The van der Waals surface area contributed by atoms with Crippen LogP contribution in [-0.4, -0.2) is 18.4 Å². The highest BCUT2D eigenvalue weighted by Crippen LogP contribution is 2.22. The van der Waals surface area contributed by atoms with Gasteiger partial charge in [0.2, 0.25) is 5.91 Å². The first kappa shape index (κ1) is 18.5. The van der Waals surface area contributed by atoms with E-state index in [9.17, 15) is 9.59 Å². The van der Waals surface area contributed by atoms with Crippen molar-refractivity contribution >= 4 is 39.3 Å². The summed E-state index contributed by atoms with van der Waals surface area (Å²) in [6.45, 7) is 2.15. The lowest BCUT2D eigenvalue weighted by Crippen LogP contribution is -2.32. The van der Waals surface area contributed by atoms with E-state index in [0.29, 0.717) is 10.6 Å². The Morgan fingerprint density at radius 1 is 1.12 bits per heavy atom. The van der Waals surface area contributed by atoms with Crippen molar-refractivity contribution in [2.75, 3.05) is 6.54 Å². The van der Waals surface area contributed by atoms with Crippen molar-refractivity contribution in [2.24, 2.45) is 0 Å². The van der Waals surface area contributed by atoms with Crippen LogP contribution in [0.2, 0.25) is 5.02 Å². The molecule has 2 rings (SSSR count). The fraction of sp³-hybridized carbons (Fsp3) is 0.222. The van der Waals surface area contributed by atoms with Crippen LogP contribution in [0.4, 0.5) is 0 Å². The summed E-state index contributed by atoms with van der Waals surface area (Å²) in [7, 11) is 0. The summed E-state index contributed by atoms with van der Waals surface area (Å²) in [6.07, 6.45) is 0.205. The first-order valence-corrected chi connectivity index (χ1v) is 8.72. The van der Waals surface area contributed by atoms with Crippen LogP contribution in [0.25, 0.3) is 0 Å². The van der Waals surface area contributed by atoms with Crippen LogP contribution >= 0.6 is 27.5 Å². The SMILES string of the molecule is CC(NC(=O)CCNC(=O)c1ccc(Br)cc1)c1ccccc1Cl. The summed E-state index contributed by atoms with van der Waals surface area (Å²) in [5.74, 6) is -0.340. The average molecular weight is 410 g/mol. The maximum atomic E-state index is 12.0. The van der Waals surface area contributed by atoms with Gasteiger partial charge in [-0.25, -0.2) is 0 Å². The van der Waals surface area contributed by atoms with Crippen molar-refractivity contribution in [3.8, 4) is 0 Å². The number of nitrogens with one attached hydrogen (secondary N) is 2. The highest BCUT2D eigenvalue weighted by molar-refractivity contribution is 9.10. The number of hydrogen-bond acceptors (Lipinski definition) is 2. The minimum absolute atomic E-state index is 0.140. The second-order valence-electron chi connectivity index (χ2n) is 5.32. The van der Waals surface area contributed by atoms with Gasteiger partial charge in [-0.15, -0.1) is 0 Å². The summed E-state index contributed by atoms with van der Waals surface area (Å²) in [5.41, 5.74) is 1.43. The van der Waals surface area contributed by atoms with Crippen LogP contribution in [0.5, 0.6) is 0 Å². The summed E-state index contributed by atoms with van der Waals surface area (Å²) in [4.78, 5) is 23.9. The lowest BCUT2D eigenvalue weighted by Gasteiger charge is -2.15. The predicted molar refractivity (Wildman–Crippen MR) is 99.1 cm³/mol. The molecule has 0 radical (unpaired) electrons. The van der Waals surface area contributed by atoms with Crippen molar-refractivity contribution < 1.29 is 9.59 Å². The molecule has 2 amide bonds. The Bertz CT molecular complexity index is 719. The third-order valence-corrected chi connectivity index (χ3v) is 4.37. The van der Waals surface area contributed by atoms with Gasteiger partial charge in [-0.2, -0.15) is 0 Å². The minimum Gasteiger partial charge on any atom is -0.352 e. The van der Waals surface area contributed by atoms with E-state index in [4.69, 9.17) is 11.6 Å². The molecule has 1 atom stereocenters. The molecule has 0 bridgehead atoms. The van der Waals surface area contributed by atoms with Crippen molar-refractivity contribution in [1.29, 1.82) is 0 Å². The van der Waals surface area contributed by atoms with E-state index in [1.165, 1.54) is 0 Å². The molecule has 0 saturated carbocycles. The molecule has 2 aromatic rings. The van der Waals surface area contributed by atoms with Gasteiger partial charge in [0.15, 0.2) is 0 Å². The summed E-state index contributed by atoms with van der Waals surface area (Å²) >= 11 is 9.44. The van der Waals surface area contributed by atoms with Gasteiger partial charge in [0.05, 0.1) is 6.04 Å². The molecule has 0 spiro atoms. The number of carbonyl (C=O) groups excluding carboxylic acids is 2. The number of carbonyl (C=O) groups is 2. The van der Waals surface area contributed by atoms with Gasteiger partial charge in [0.1, 0.15) is 0 Å². The standard InChI is InChI=1S/C18H18BrClN2O2/c1-12(15-4-2-3-5-16(15)20)22-17(23)10-11-21-18(24)13-6-8-14(19)9-7-13/h2-9,12H,10-11H2,1H3,(H,21,24)(H,22,23). The molecule has 0 aromatic heterocycles. The predicted octanol–water partition coefficient (Wildman–Crippen LogP) is 4.10. The van der Waals surface area contributed by atoms with Crippen LogP contribution in [0.1, 0.15) is 35.3 Å². The van der Waals surface area contributed by atoms with Gasteiger partial charge in [0.25, 0.3) is 5.91 Å². The van der Waals surface area contributed by atoms with Gasteiger partial charge in [-0.05, 0) is 42.8 Å². The molecular formula is C18H18BrClN2O2. The quantitative estimate of drug-likeness (QED) is 0.754. The fourth-order valence-electron chi connectivity index (χ4n) is 2.21. The second kappa shape index (κ2) is 8.85. The van der Waals surface area contributed by atoms with Crippen LogP contribution in [-0.2, 0) is 4.79 Å². The van der Waals surface area contributed by atoms with Gasteiger partial charge in [-0.3, -0.25) is 9.59 Å². The van der Waals surface area contributed by atoms with Crippen molar-refractivity contribution in [2.45, 2.75) is 19.4 Å². The third kappa shape index (κ3) is 5.35. The van der Waals surface area contributed by atoms with Gasteiger partial charge in [0, 0.05) is 28.0 Å². The third-order valence-electron chi connectivity index (χ3n) is 3.49. The lowest BCUT2D eigenvalue weighted by molar-refractivity contribution is -0.121. The highest BCUT2D eigenvalue weighted by Gasteiger charge is 2.12. The Hall–Kier alpha value is -1.85. The molecule has 126 valence electrons. The zero-order valence-electron chi connectivity index (χ0n) is 13.2. The van der Waals surface area contributed by atoms with E-state index >= 15 is 0 Å². The summed E-state index contributed by atoms with van der Waals surface area (Å²) in [6, 6.07) is 14.2. The largest absolute Gasteiger partial charge is 0.352 e. The van der Waals surface area contributed by atoms with E-state index in [1.807, 2.05) is 25.1 Å². The Kier molecular flexibility index (Phi) is 6.82. The number of amides is 2. The zero-order valence-corrected chi connectivity index (χ0v) is 15.5. The average Bonchev–Trinajstić information content (AvgIpc) is 2.55. The topological polar surface area (TPSA) is 58.2 Å². The number of hydrogen-bond donors (Lipinski definition) is 2. The molecule has 2 N–H and O–H groups in total. The van der Waals surface area contributed by atoms with Crippen LogP contribution in [0.3, 0.4) is 0 Å². The van der Waals surface area contributed by atoms with E-state index in [2.05, 4.69) is 26.6 Å². The Morgan fingerprint density at radius 3 is 2.46 bits per heavy atom. The molecule has 0 aliphatic carbocycles. The Balaban J connectivity index is 1.78. The molecule has 0 saturated heterocycles. The maximum absolute atomic E-state index is 12.0. The fourth-order valence-corrected chi connectivity index (χ4v) is 2.77. The molecule has 2 aromatic carbocycles. The van der Waals surface area contributed by atoms with Crippen LogP contribution in [0.15, 0.2) is 53.0 Å². The molecule has 1 unspecified atom stereocenters. The van der Waals surface area contributed by atoms with Crippen molar-refractivity contribution in [3.63, 3.8) is 0 Å². The highest BCUT2D eigenvalue weighted by atomic mass is 79.9. The van der Waals surface area contributed by atoms with E-state index in [1.54, 1.807) is 30.3 Å². The monoisotopic (exact) mass is 408 g/mol. The lowest BCUT2D eigenvalue weighted by atomic mass is 10.1. The molecule has 6 heteroatoms. The molecule has 0 aliphatic heterocycles. The smallest absolute Gasteiger partial charge is 0.251 e. The number of rotatable bonds is 6. The van der Waals surface area contributed by atoms with E-state index in [0.717, 1.165) is 10.0 Å². The van der Waals surface area contributed by atoms with Crippen molar-refractivity contribution in [1.82, 2.24) is 10.6 Å². The van der Waals surface area contributed by atoms with E-state index < -0.39 is 0 Å². The molecule has 4 nitrogen and oxygen atoms in total. The summed E-state index contributed by atoms with van der Waals surface area (Å²) < 4.78 is 0.909. The maximum Gasteiger partial charge on any atom is 0.251 e. The molecule has 0 heterocycles. The second-order valence-corrected chi connectivity index (χ2v) is 6.65. The first-order chi connectivity index (χ1) is 11.5. The minimum atomic E-state index is -0.200. The van der Waals surface area contributed by atoms with Crippen molar-refractivity contribution in [3.05, 3.63) is 69.2 Å². The van der Waals surface area contributed by atoms with Gasteiger partial charge < -0.3 is 10.6 Å². The summed E-state index contributed by atoms with van der Waals surface area (Å²) in [5, 5.41) is 6.23. The molecule has 0 fully saturated rings. The molecule has 24 heavy (non-hydrogen) atoms. The Labute approximate surface area is 154 Å². The van der Waals surface area contributed by atoms with E-state index in [-0.39, 0.29) is 30.8 Å². The van der Waals surface area contributed by atoms with Gasteiger partial charge in [-0.1, -0.05) is 45.7 Å². The van der Waals surface area contributed by atoms with Crippen LogP contribution < -0.4 is 10.6 Å². The zero-order chi connectivity index (χ0) is 17.5. The van der Waals surface area contributed by atoms with Crippen LogP contribution in [0, 0.1) is 0 Å². The molecule has 0 aliphatic rings. The van der Waals surface area contributed by atoms with Gasteiger partial charge >= 0.3 is 0 Å². The first-order valence-electron chi connectivity index (χ1n) is 7.55. The normalized spacial score (nSPS) is 11.6. The number of halogens is 2.